The van der Waals surface area contributed by atoms with Crippen molar-refractivity contribution < 1.29 is 28.6 Å². The van der Waals surface area contributed by atoms with Crippen LogP contribution in [0.4, 0.5) is 0 Å². The Labute approximate surface area is 137 Å². The Balaban J connectivity index is 1.57. The van der Waals surface area contributed by atoms with Crippen LogP contribution in [0.3, 0.4) is 0 Å². The quantitative estimate of drug-likeness (QED) is 0.529. The van der Waals surface area contributed by atoms with E-state index < -0.39 is 11.9 Å². The maximum Gasteiger partial charge on any atom is 0.265 e. The number of carbonyl (C=O) groups is 3. The van der Waals surface area contributed by atoms with Crippen LogP contribution in [-0.4, -0.2) is 55.7 Å². The van der Waals surface area contributed by atoms with Gasteiger partial charge in [-0.15, -0.1) is 0 Å². The molecule has 2 N–H and O–H groups in total. The minimum atomic E-state index is -0.785. The van der Waals surface area contributed by atoms with Crippen molar-refractivity contribution in [2.45, 2.75) is 12.5 Å². The summed E-state index contributed by atoms with van der Waals surface area (Å²) in [5.74, 6) is -0.0656. The van der Waals surface area contributed by atoms with Gasteiger partial charge in [-0.3, -0.25) is 24.7 Å². The molecule has 1 saturated heterocycles. The Bertz CT molecular complexity index is 677. The van der Waals surface area contributed by atoms with Crippen molar-refractivity contribution in [3.05, 3.63) is 23.8 Å². The van der Waals surface area contributed by atoms with E-state index in [-0.39, 0.29) is 38.2 Å². The molecule has 9 nitrogen and oxygen atoms in total. The van der Waals surface area contributed by atoms with Crippen molar-refractivity contribution in [3.63, 3.8) is 0 Å². The number of ether oxygens (including phenoxy) is 3. The summed E-state index contributed by atoms with van der Waals surface area (Å²) in [5, 5.41) is 0. The number of amides is 3. The van der Waals surface area contributed by atoms with Gasteiger partial charge in [0.15, 0.2) is 11.5 Å². The van der Waals surface area contributed by atoms with Gasteiger partial charge in [0.1, 0.15) is 6.04 Å². The van der Waals surface area contributed by atoms with E-state index in [4.69, 9.17) is 14.2 Å². The SMILES string of the molecule is COCCN1C(=O)C[C@H](NNC(=O)c2ccc3c(c2)OCO3)C1=O. The Hall–Kier alpha value is -2.65. The van der Waals surface area contributed by atoms with Crippen LogP contribution in [0.2, 0.25) is 0 Å². The van der Waals surface area contributed by atoms with Crippen molar-refractivity contribution in [3.8, 4) is 11.5 Å². The molecule has 1 atom stereocenters. The lowest BCUT2D eigenvalue weighted by molar-refractivity contribution is -0.139. The minimum Gasteiger partial charge on any atom is -0.454 e. The number of methoxy groups -OCH3 is 1. The summed E-state index contributed by atoms with van der Waals surface area (Å²) in [6, 6.07) is 3.98. The van der Waals surface area contributed by atoms with Gasteiger partial charge >= 0.3 is 0 Å². The number of benzene rings is 1. The third kappa shape index (κ3) is 3.17. The molecular weight excluding hydrogens is 318 g/mol. The first-order valence-corrected chi connectivity index (χ1v) is 7.39. The molecule has 9 heteroatoms. The zero-order valence-electron chi connectivity index (χ0n) is 13.0. The normalized spacial score (nSPS) is 19.0. The summed E-state index contributed by atoms with van der Waals surface area (Å²) in [7, 11) is 1.49. The number of nitrogens with one attached hydrogen (secondary N) is 2. The topological polar surface area (TPSA) is 106 Å². The van der Waals surface area contributed by atoms with E-state index >= 15 is 0 Å². The van der Waals surface area contributed by atoms with E-state index in [1.807, 2.05) is 0 Å². The van der Waals surface area contributed by atoms with Gasteiger partial charge in [0.05, 0.1) is 19.6 Å². The second-order valence-electron chi connectivity index (χ2n) is 5.30. The first kappa shape index (κ1) is 16.2. The molecule has 0 radical (unpaired) electrons. The number of nitrogens with zero attached hydrogens (tertiary/aromatic N) is 1. The molecular formula is C15H17N3O6. The summed E-state index contributed by atoms with van der Waals surface area (Å²) in [6.45, 7) is 0.588. The molecule has 128 valence electrons. The number of hydrazine groups is 1. The van der Waals surface area contributed by atoms with Crippen molar-refractivity contribution in [2.75, 3.05) is 27.1 Å². The van der Waals surface area contributed by atoms with Crippen LogP contribution in [0.1, 0.15) is 16.8 Å². The van der Waals surface area contributed by atoms with E-state index in [1.165, 1.54) is 7.11 Å². The fraction of sp³-hybridized carbons (Fsp3) is 0.400. The highest BCUT2D eigenvalue weighted by atomic mass is 16.7. The molecule has 1 aromatic carbocycles. The fourth-order valence-electron chi connectivity index (χ4n) is 2.48. The van der Waals surface area contributed by atoms with Crippen molar-refractivity contribution >= 4 is 17.7 Å². The summed E-state index contributed by atoms with van der Waals surface area (Å²) >= 11 is 0. The van der Waals surface area contributed by atoms with Gasteiger partial charge in [-0.2, -0.15) is 0 Å². The Morgan fingerprint density at radius 1 is 1.33 bits per heavy atom. The summed E-state index contributed by atoms with van der Waals surface area (Å²) < 4.78 is 15.3. The monoisotopic (exact) mass is 335 g/mol. The average Bonchev–Trinajstić information content (AvgIpc) is 3.15. The number of hydrogen-bond acceptors (Lipinski definition) is 7. The second-order valence-corrected chi connectivity index (χ2v) is 5.30. The zero-order valence-corrected chi connectivity index (χ0v) is 13.0. The molecule has 1 aromatic rings. The number of fused-ring (bicyclic) bond motifs is 1. The van der Waals surface area contributed by atoms with E-state index in [9.17, 15) is 14.4 Å². The van der Waals surface area contributed by atoms with Gasteiger partial charge in [-0.25, -0.2) is 5.43 Å². The molecule has 3 amide bonds. The van der Waals surface area contributed by atoms with Crippen LogP contribution >= 0.6 is 0 Å². The number of rotatable bonds is 6. The predicted octanol–water partition coefficient (Wildman–Crippen LogP) is -0.576. The first-order valence-electron chi connectivity index (χ1n) is 7.39. The largest absolute Gasteiger partial charge is 0.454 e. The number of imide groups is 1. The minimum absolute atomic E-state index is 0.00995. The van der Waals surface area contributed by atoms with Crippen LogP contribution in [-0.2, 0) is 14.3 Å². The standard InChI is InChI=1S/C15H17N3O6/c1-22-5-4-18-13(19)7-10(15(18)21)16-17-14(20)9-2-3-11-12(6-9)24-8-23-11/h2-3,6,10,16H,4-5,7-8H2,1H3,(H,17,20)/t10-/m0/s1. The van der Waals surface area contributed by atoms with Crippen LogP contribution in [0, 0.1) is 0 Å². The molecule has 3 rings (SSSR count). The summed E-state index contributed by atoms with van der Waals surface area (Å²) in [4.78, 5) is 37.2. The number of carbonyl (C=O) groups excluding carboxylic acids is 3. The fourth-order valence-corrected chi connectivity index (χ4v) is 2.48. The highest BCUT2D eigenvalue weighted by Crippen LogP contribution is 2.32. The Morgan fingerprint density at radius 3 is 2.92 bits per heavy atom. The molecule has 0 aliphatic carbocycles. The zero-order chi connectivity index (χ0) is 17.1. The molecule has 1 fully saturated rings. The molecule has 0 spiro atoms. The van der Waals surface area contributed by atoms with E-state index in [2.05, 4.69) is 10.9 Å². The van der Waals surface area contributed by atoms with E-state index in [0.29, 0.717) is 17.1 Å². The van der Waals surface area contributed by atoms with Crippen LogP contribution in [0.25, 0.3) is 0 Å². The van der Waals surface area contributed by atoms with Gasteiger partial charge in [-0.05, 0) is 18.2 Å². The predicted molar refractivity (Wildman–Crippen MR) is 80.2 cm³/mol. The van der Waals surface area contributed by atoms with Crippen molar-refractivity contribution in [1.82, 2.24) is 15.8 Å². The third-order valence-corrected chi connectivity index (χ3v) is 3.76. The molecule has 2 aliphatic heterocycles. The number of likely N-dealkylation sites (tertiary alicyclic amines) is 1. The molecule has 2 heterocycles. The van der Waals surface area contributed by atoms with Crippen LogP contribution < -0.4 is 20.3 Å². The van der Waals surface area contributed by atoms with Crippen molar-refractivity contribution in [1.29, 1.82) is 0 Å². The molecule has 24 heavy (non-hydrogen) atoms. The lowest BCUT2D eigenvalue weighted by Gasteiger charge is -2.15. The van der Waals surface area contributed by atoms with Gasteiger partial charge in [0.25, 0.3) is 5.91 Å². The van der Waals surface area contributed by atoms with Gasteiger partial charge in [0, 0.05) is 12.7 Å². The number of hydrogen-bond donors (Lipinski definition) is 2. The first-order chi connectivity index (χ1) is 11.6. The smallest absolute Gasteiger partial charge is 0.265 e. The summed E-state index contributed by atoms with van der Waals surface area (Å²) in [6.07, 6.45) is -0.00995. The molecule has 0 bridgehead atoms. The highest BCUT2D eigenvalue weighted by molar-refractivity contribution is 6.05. The third-order valence-electron chi connectivity index (χ3n) is 3.76. The maximum atomic E-state index is 12.1. The van der Waals surface area contributed by atoms with Gasteiger partial charge < -0.3 is 14.2 Å². The lowest BCUT2D eigenvalue weighted by atomic mass is 10.2. The van der Waals surface area contributed by atoms with Gasteiger partial charge in [-0.1, -0.05) is 0 Å². The van der Waals surface area contributed by atoms with E-state index in [1.54, 1.807) is 18.2 Å². The Kier molecular flexibility index (Phi) is 4.63. The molecule has 0 aromatic heterocycles. The molecule has 2 aliphatic rings. The highest BCUT2D eigenvalue weighted by Gasteiger charge is 2.38. The van der Waals surface area contributed by atoms with Crippen LogP contribution in [0.15, 0.2) is 18.2 Å². The molecule has 0 saturated carbocycles. The van der Waals surface area contributed by atoms with Crippen molar-refractivity contribution in [2.24, 2.45) is 0 Å². The van der Waals surface area contributed by atoms with E-state index in [0.717, 1.165) is 4.90 Å². The van der Waals surface area contributed by atoms with Crippen LogP contribution in [0.5, 0.6) is 11.5 Å². The van der Waals surface area contributed by atoms with Gasteiger partial charge in [0.2, 0.25) is 18.6 Å². The summed E-state index contributed by atoms with van der Waals surface area (Å²) in [5.41, 5.74) is 5.40. The maximum absolute atomic E-state index is 12.1. The average molecular weight is 335 g/mol. The molecule has 0 unspecified atom stereocenters. The Morgan fingerprint density at radius 2 is 2.12 bits per heavy atom. The lowest BCUT2D eigenvalue weighted by Crippen LogP contribution is -2.48. The second kappa shape index (κ2) is 6.85.